The third-order valence-electron chi connectivity index (χ3n) is 4.61. The molecule has 0 bridgehead atoms. The van der Waals surface area contributed by atoms with Gasteiger partial charge in [0.1, 0.15) is 0 Å². The number of aromatic nitrogens is 1. The fourth-order valence-corrected chi connectivity index (χ4v) is 4.00. The number of carbonyl (C=O) groups is 2. The van der Waals surface area contributed by atoms with E-state index in [9.17, 15) is 9.59 Å². The molecule has 1 fully saturated rings. The van der Waals surface area contributed by atoms with Gasteiger partial charge in [0.2, 0.25) is 5.91 Å². The molecular weight excluding hydrogens is 360 g/mol. The van der Waals surface area contributed by atoms with Crippen LogP contribution in [0, 0.1) is 6.92 Å². The van der Waals surface area contributed by atoms with Crippen molar-refractivity contribution in [3.8, 4) is 0 Å². The molecule has 0 unspecified atom stereocenters. The van der Waals surface area contributed by atoms with Gasteiger partial charge in [0.25, 0.3) is 0 Å². The average molecular weight is 387 g/mol. The van der Waals surface area contributed by atoms with Crippen molar-refractivity contribution in [2.45, 2.75) is 57.9 Å². The maximum Gasteiger partial charge on any atom is 0.325 e. The van der Waals surface area contributed by atoms with Gasteiger partial charge >= 0.3 is 6.03 Å². The minimum Gasteiger partial charge on any atom is -0.353 e. The van der Waals surface area contributed by atoms with Crippen LogP contribution in [0.4, 0.5) is 15.6 Å². The number of hydrogen-bond acceptors (Lipinski definition) is 4. The van der Waals surface area contributed by atoms with Gasteiger partial charge < -0.3 is 10.6 Å². The number of rotatable bonds is 5. The molecule has 1 heterocycles. The lowest BCUT2D eigenvalue weighted by Gasteiger charge is -2.15. The van der Waals surface area contributed by atoms with Crippen LogP contribution in [0.1, 0.15) is 49.8 Å². The van der Waals surface area contributed by atoms with E-state index in [1.807, 2.05) is 36.6 Å². The van der Waals surface area contributed by atoms with Gasteiger partial charge in [-0.25, -0.2) is 9.78 Å². The summed E-state index contributed by atoms with van der Waals surface area (Å²) >= 11 is 1.32. The second-order valence-electron chi connectivity index (χ2n) is 7.03. The highest BCUT2D eigenvalue weighted by atomic mass is 32.1. The van der Waals surface area contributed by atoms with E-state index in [1.165, 1.54) is 37.0 Å². The normalized spacial score (nSPS) is 15.0. The molecular formula is C20H26N4O2S. The molecule has 144 valence electrons. The van der Waals surface area contributed by atoms with E-state index in [0.717, 1.165) is 24.1 Å². The summed E-state index contributed by atoms with van der Waals surface area (Å²) in [6.07, 6.45) is 7.27. The van der Waals surface area contributed by atoms with Gasteiger partial charge in [0, 0.05) is 17.1 Å². The van der Waals surface area contributed by atoms with Crippen LogP contribution in [-0.2, 0) is 11.2 Å². The second-order valence-corrected chi connectivity index (χ2v) is 7.88. The number of thiazole rings is 1. The molecule has 0 saturated heterocycles. The fraction of sp³-hybridized carbons (Fsp3) is 0.450. The smallest absolute Gasteiger partial charge is 0.325 e. The first kappa shape index (κ1) is 19.4. The summed E-state index contributed by atoms with van der Waals surface area (Å²) in [6.45, 7) is 1.97. The van der Waals surface area contributed by atoms with E-state index < -0.39 is 0 Å². The van der Waals surface area contributed by atoms with Crippen LogP contribution in [0.2, 0.25) is 0 Å². The Kier molecular flexibility index (Phi) is 6.81. The highest BCUT2D eigenvalue weighted by Crippen LogP contribution is 2.19. The first-order chi connectivity index (χ1) is 13.1. The lowest BCUT2D eigenvalue weighted by atomic mass is 10.1. The molecule has 7 heteroatoms. The zero-order valence-corrected chi connectivity index (χ0v) is 16.4. The molecule has 1 aromatic carbocycles. The predicted octanol–water partition coefficient (Wildman–Crippen LogP) is 4.48. The first-order valence-electron chi connectivity index (χ1n) is 9.47. The average Bonchev–Trinajstić information content (AvgIpc) is 2.88. The molecule has 27 heavy (non-hydrogen) atoms. The predicted molar refractivity (Wildman–Crippen MR) is 109 cm³/mol. The van der Waals surface area contributed by atoms with Gasteiger partial charge in [-0.1, -0.05) is 37.8 Å². The summed E-state index contributed by atoms with van der Waals surface area (Å²) in [5, 5.41) is 10.9. The van der Waals surface area contributed by atoms with E-state index in [1.54, 1.807) is 0 Å². The van der Waals surface area contributed by atoms with Gasteiger partial charge in [-0.15, -0.1) is 11.3 Å². The van der Waals surface area contributed by atoms with Gasteiger partial charge in [-0.2, -0.15) is 0 Å². The summed E-state index contributed by atoms with van der Waals surface area (Å²) in [6, 6.07) is 7.53. The van der Waals surface area contributed by atoms with Crippen molar-refractivity contribution < 1.29 is 9.59 Å². The maximum absolute atomic E-state index is 12.3. The zero-order valence-electron chi connectivity index (χ0n) is 15.6. The minimum absolute atomic E-state index is 0.00274. The number of nitrogens with one attached hydrogen (secondary N) is 3. The maximum atomic E-state index is 12.3. The van der Waals surface area contributed by atoms with Crippen molar-refractivity contribution >= 4 is 34.1 Å². The van der Waals surface area contributed by atoms with Crippen LogP contribution in [-0.4, -0.2) is 23.0 Å². The van der Waals surface area contributed by atoms with Crippen LogP contribution in [0.15, 0.2) is 29.6 Å². The summed E-state index contributed by atoms with van der Waals surface area (Å²) in [4.78, 5) is 28.7. The summed E-state index contributed by atoms with van der Waals surface area (Å²) in [5.41, 5.74) is 2.48. The fourth-order valence-electron chi connectivity index (χ4n) is 3.29. The van der Waals surface area contributed by atoms with Crippen molar-refractivity contribution in [2.75, 3.05) is 10.6 Å². The van der Waals surface area contributed by atoms with Crippen LogP contribution >= 0.6 is 11.3 Å². The summed E-state index contributed by atoms with van der Waals surface area (Å²) in [5.74, 6) is 0.00274. The third-order valence-corrected chi connectivity index (χ3v) is 5.42. The Hall–Kier alpha value is -2.41. The Morgan fingerprint density at radius 2 is 1.93 bits per heavy atom. The number of amides is 3. The molecule has 0 radical (unpaired) electrons. The minimum atomic E-state index is -0.343. The SMILES string of the molecule is Cc1cccc(NC(=O)Nc2nc(CC(=O)NC3CCCCCC3)cs2)c1. The molecule has 0 spiro atoms. The van der Waals surface area contributed by atoms with Crippen LogP contribution in [0.3, 0.4) is 0 Å². The molecule has 1 aliphatic rings. The number of urea groups is 1. The number of benzene rings is 1. The largest absolute Gasteiger partial charge is 0.353 e. The van der Waals surface area contributed by atoms with Gasteiger partial charge in [0.05, 0.1) is 12.1 Å². The number of anilines is 2. The van der Waals surface area contributed by atoms with Gasteiger partial charge in [0.15, 0.2) is 5.13 Å². The molecule has 1 aromatic heterocycles. The Bertz CT molecular complexity index is 782. The monoisotopic (exact) mass is 386 g/mol. The van der Waals surface area contributed by atoms with Crippen molar-refractivity contribution in [3.05, 3.63) is 40.9 Å². The van der Waals surface area contributed by atoms with E-state index >= 15 is 0 Å². The Balaban J connectivity index is 1.47. The van der Waals surface area contributed by atoms with Crippen molar-refractivity contribution in [2.24, 2.45) is 0 Å². The van der Waals surface area contributed by atoms with Crippen molar-refractivity contribution in [1.82, 2.24) is 10.3 Å². The van der Waals surface area contributed by atoms with E-state index in [0.29, 0.717) is 10.8 Å². The van der Waals surface area contributed by atoms with E-state index in [4.69, 9.17) is 0 Å². The summed E-state index contributed by atoms with van der Waals surface area (Å²) in [7, 11) is 0. The van der Waals surface area contributed by atoms with E-state index in [-0.39, 0.29) is 24.4 Å². The molecule has 0 aliphatic heterocycles. The van der Waals surface area contributed by atoms with Crippen LogP contribution in [0.5, 0.6) is 0 Å². The molecule has 3 N–H and O–H groups in total. The summed E-state index contributed by atoms with van der Waals surface area (Å²) < 4.78 is 0. The van der Waals surface area contributed by atoms with Crippen molar-refractivity contribution in [1.29, 1.82) is 0 Å². The quantitative estimate of drug-likeness (QED) is 0.663. The van der Waals surface area contributed by atoms with Crippen molar-refractivity contribution in [3.63, 3.8) is 0 Å². The molecule has 3 amide bonds. The first-order valence-corrected chi connectivity index (χ1v) is 10.3. The number of nitrogens with zero attached hydrogens (tertiary/aromatic N) is 1. The molecule has 3 rings (SSSR count). The number of carbonyl (C=O) groups excluding carboxylic acids is 2. The lowest BCUT2D eigenvalue weighted by Crippen LogP contribution is -2.35. The second kappa shape index (κ2) is 9.50. The highest BCUT2D eigenvalue weighted by molar-refractivity contribution is 7.14. The highest BCUT2D eigenvalue weighted by Gasteiger charge is 2.16. The third kappa shape index (κ3) is 6.36. The molecule has 1 saturated carbocycles. The molecule has 6 nitrogen and oxygen atoms in total. The topological polar surface area (TPSA) is 83.1 Å². The van der Waals surface area contributed by atoms with Crippen LogP contribution in [0.25, 0.3) is 0 Å². The van der Waals surface area contributed by atoms with Gasteiger partial charge in [-0.3, -0.25) is 10.1 Å². The Morgan fingerprint density at radius 1 is 1.15 bits per heavy atom. The Morgan fingerprint density at radius 3 is 2.67 bits per heavy atom. The molecule has 2 aromatic rings. The van der Waals surface area contributed by atoms with E-state index in [2.05, 4.69) is 20.9 Å². The van der Waals surface area contributed by atoms with Crippen LogP contribution < -0.4 is 16.0 Å². The van der Waals surface area contributed by atoms with Gasteiger partial charge in [-0.05, 0) is 37.5 Å². The molecule has 1 aliphatic carbocycles. The Labute approximate surface area is 163 Å². The number of hydrogen-bond donors (Lipinski definition) is 3. The zero-order chi connectivity index (χ0) is 19.1. The standard InChI is InChI=1S/C20H26N4O2S/c1-14-7-6-10-16(11-14)22-19(26)24-20-23-17(13-27-20)12-18(25)21-15-8-4-2-3-5-9-15/h6-7,10-11,13,15H,2-5,8-9,12H2,1H3,(H,21,25)(H2,22,23,24,26). The molecule has 0 atom stereocenters. The number of aryl methyl sites for hydroxylation is 1. The lowest BCUT2D eigenvalue weighted by molar-refractivity contribution is -0.121.